The summed E-state index contributed by atoms with van der Waals surface area (Å²) in [5, 5.41) is 9.96. The van der Waals surface area contributed by atoms with Gasteiger partial charge in [-0.2, -0.15) is 11.8 Å². The number of nitrogens with two attached hydrogens (primary N) is 1. The Morgan fingerprint density at radius 2 is 2.30 bits per heavy atom. The van der Waals surface area contributed by atoms with Gasteiger partial charge >= 0.3 is 68.9 Å². The topological polar surface area (TPSA) is 66.2 Å². The molecular weight excluding hydrogens is 271 g/mol. The fourth-order valence-electron chi connectivity index (χ4n) is 0.363. The summed E-state index contributed by atoms with van der Waals surface area (Å²) in [7, 11) is 0. The predicted octanol–water partition coefficient (Wildman–Crippen LogP) is -4.18. The van der Waals surface area contributed by atoms with Crippen LogP contribution >= 0.6 is 11.8 Å². The average Bonchev–Trinajstić information content (AvgIpc) is 1.82. The van der Waals surface area contributed by atoms with E-state index in [0.717, 1.165) is 5.75 Å². The Bertz CT molecular complexity index is 102. The normalized spacial score (nSPS) is 11.8. The molecule has 0 saturated carbocycles. The molecule has 0 aliphatic rings. The zero-order valence-electron chi connectivity index (χ0n) is 6.29. The van der Waals surface area contributed by atoms with E-state index < -0.39 is 12.0 Å². The number of rotatable bonds is 4. The second-order valence-electron chi connectivity index (χ2n) is 1.71. The number of carboxylic acid groups (broad SMARTS) is 1. The van der Waals surface area contributed by atoms with Gasteiger partial charge in [-0.3, -0.25) is 0 Å². The Morgan fingerprint density at radius 3 is 2.60 bits per heavy atom. The minimum absolute atomic E-state index is 0. The van der Waals surface area contributed by atoms with Crippen LogP contribution in [-0.4, -0.2) is 24.0 Å². The summed E-state index contributed by atoms with van der Waals surface area (Å²) < 4.78 is 0. The van der Waals surface area contributed by atoms with Gasteiger partial charge in [0.15, 0.2) is 0 Å². The van der Waals surface area contributed by atoms with Crippen LogP contribution in [-0.2, 0) is 4.79 Å². The summed E-state index contributed by atoms with van der Waals surface area (Å²) in [4.78, 5) is 9.96. The monoisotopic (exact) mass is 281 g/mol. The van der Waals surface area contributed by atoms with Gasteiger partial charge in [0.25, 0.3) is 0 Å². The van der Waals surface area contributed by atoms with E-state index in [1.807, 2.05) is 6.26 Å². The molecule has 0 unspecified atom stereocenters. The predicted molar refractivity (Wildman–Crippen MR) is 36.0 cm³/mol. The van der Waals surface area contributed by atoms with Crippen LogP contribution in [0.5, 0.6) is 0 Å². The number of aliphatic carboxylic acids is 1. The fourth-order valence-corrected chi connectivity index (χ4v) is 0.852. The molecule has 1 atom stereocenters. The van der Waals surface area contributed by atoms with E-state index >= 15 is 0 Å². The molecule has 0 aliphatic carbocycles. The Balaban J connectivity index is 0. The third kappa shape index (κ3) is 7.93. The van der Waals surface area contributed by atoms with Crippen LogP contribution in [0.4, 0.5) is 0 Å². The van der Waals surface area contributed by atoms with Crippen LogP contribution in [0.3, 0.4) is 0 Å². The quantitative estimate of drug-likeness (QED) is 0.568. The Morgan fingerprint density at radius 1 is 1.80 bits per heavy atom. The van der Waals surface area contributed by atoms with Gasteiger partial charge in [0, 0.05) is 6.04 Å². The smallest absolute Gasteiger partial charge is 0.548 e. The van der Waals surface area contributed by atoms with Crippen LogP contribution in [0.25, 0.3) is 0 Å². The molecule has 0 rings (SSSR count). The SMILES string of the molecule is CSCC[C@H](N)C(=O)[O-].[Cs+]. The van der Waals surface area contributed by atoms with Gasteiger partial charge < -0.3 is 15.6 Å². The van der Waals surface area contributed by atoms with Gasteiger partial charge in [-0.1, -0.05) is 0 Å². The number of thioether (sulfide) groups is 1. The Hall–Kier alpha value is 1.83. The Labute approximate surface area is 124 Å². The largest absolute Gasteiger partial charge is 1.00 e. The summed E-state index contributed by atoms with van der Waals surface area (Å²) in [6.07, 6.45) is 2.39. The first-order chi connectivity index (χ1) is 4.18. The van der Waals surface area contributed by atoms with Crippen molar-refractivity contribution in [2.75, 3.05) is 12.0 Å². The zero-order chi connectivity index (χ0) is 7.28. The third-order valence-electron chi connectivity index (χ3n) is 0.936. The summed E-state index contributed by atoms with van der Waals surface area (Å²) in [5.41, 5.74) is 5.13. The van der Waals surface area contributed by atoms with Crippen molar-refractivity contribution in [1.29, 1.82) is 0 Å². The average molecular weight is 281 g/mol. The van der Waals surface area contributed by atoms with E-state index in [1.54, 1.807) is 11.8 Å². The minimum atomic E-state index is -1.16. The van der Waals surface area contributed by atoms with Crippen molar-refractivity contribution in [2.24, 2.45) is 5.73 Å². The van der Waals surface area contributed by atoms with Crippen molar-refractivity contribution in [3.05, 3.63) is 0 Å². The second kappa shape index (κ2) is 8.92. The summed E-state index contributed by atoms with van der Waals surface area (Å²) >= 11 is 1.58. The molecule has 3 nitrogen and oxygen atoms in total. The molecule has 0 bridgehead atoms. The van der Waals surface area contributed by atoms with Gasteiger partial charge in [-0.05, 0) is 18.4 Å². The molecule has 0 saturated heterocycles. The third-order valence-corrected chi connectivity index (χ3v) is 1.58. The van der Waals surface area contributed by atoms with Crippen LogP contribution < -0.4 is 79.7 Å². The first-order valence-electron chi connectivity index (χ1n) is 2.64. The molecule has 0 aromatic heterocycles. The standard InChI is InChI=1S/C5H11NO2S.Cs/c1-9-3-2-4(6)5(7)8;/h4H,2-3,6H2,1H3,(H,7,8);/q;+1/p-1/t4-;/m0./s1. The van der Waals surface area contributed by atoms with E-state index in [-0.39, 0.29) is 68.9 Å². The molecule has 0 aliphatic heterocycles. The number of carboxylic acids is 1. The van der Waals surface area contributed by atoms with E-state index in [9.17, 15) is 9.90 Å². The maximum atomic E-state index is 9.96. The van der Waals surface area contributed by atoms with Gasteiger partial charge in [-0.15, -0.1) is 0 Å². The number of carbonyl (C=O) groups excluding carboxylic acids is 1. The van der Waals surface area contributed by atoms with Crippen LogP contribution in [0.1, 0.15) is 6.42 Å². The van der Waals surface area contributed by atoms with E-state index in [4.69, 9.17) is 5.73 Å². The molecule has 0 aromatic rings. The van der Waals surface area contributed by atoms with Crippen LogP contribution in [0, 0.1) is 0 Å². The summed E-state index contributed by atoms with van der Waals surface area (Å²) in [6, 6.07) is -0.794. The molecule has 0 heterocycles. The number of hydrogen-bond acceptors (Lipinski definition) is 4. The molecule has 54 valence electrons. The number of carbonyl (C=O) groups is 1. The molecule has 0 fully saturated rings. The maximum absolute atomic E-state index is 9.96. The van der Waals surface area contributed by atoms with E-state index in [2.05, 4.69) is 0 Å². The summed E-state index contributed by atoms with van der Waals surface area (Å²) in [5.74, 6) is -0.390. The molecule has 0 aromatic carbocycles. The molecular formula is C5H10CsNO2S. The number of hydrogen-bond donors (Lipinski definition) is 1. The van der Waals surface area contributed by atoms with Crippen LogP contribution in [0.2, 0.25) is 0 Å². The maximum Gasteiger partial charge on any atom is 1.00 e. The molecule has 0 spiro atoms. The van der Waals surface area contributed by atoms with Gasteiger partial charge in [0.1, 0.15) is 0 Å². The Kier molecular flexibility index (Phi) is 12.8. The van der Waals surface area contributed by atoms with Gasteiger partial charge in [0.2, 0.25) is 0 Å². The van der Waals surface area contributed by atoms with Gasteiger partial charge in [-0.25, -0.2) is 0 Å². The second-order valence-corrected chi connectivity index (χ2v) is 2.69. The van der Waals surface area contributed by atoms with E-state index in [1.165, 1.54) is 0 Å². The van der Waals surface area contributed by atoms with Crippen molar-refractivity contribution in [3.63, 3.8) is 0 Å². The molecule has 10 heavy (non-hydrogen) atoms. The first kappa shape index (κ1) is 14.4. The van der Waals surface area contributed by atoms with Gasteiger partial charge in [0.05, 0.1) is 5.97 Å². The minimum Gasteiger partial charge on any atom is -0.548 e. The van der Waals surface area contributed by atoms with E-state index in [0.29, 0.717) is 6.42 Å². The van der Waals surface area contributed by atoms with Crippen LogP contribution in [0.15, 0.2) is 0 Å². The van der Waals surface area contributed by atoms with Crippen molar-refractivity contribution in [2.45, 2.75) is 12.5 Å². The molecule has 5 heteroatoms. The zero-order valence-corrected chi connectivity index (χ0v) is 13.4. The van der Waals surface area contributed by atoms with Crippen molar-refractivity contribution in [1.82, 2.24) is 0 Å². The fraction of sp³-hybridized carbons (Fsp3) is 0.800. The van der Waals surface area contributed by atoms with Crippen molar-refractivity contribution in [3.8, 4) is 0 Å². The summed E-state index contributed by atoms with van der Waals surface area (Å²) in [6.45, 7) is 0. The first-order valence-corrected chi connectivity index (χ1v) is 4.03. The van der Waals surface area contributed by atoms with Crippen molar-refractivity contribution < 1.29 is 78.8 Å². The molecule has 0 amide bonds. The van der Waals surface area contributed by atoms with Crippen molar-refractivity contribution >= 4 is 17.7 Å². The molecule has 0 radical (unpaired) electrons. The molecule has 2 N–H and O–H groups in total.